The summed E-state index contributed by atoms with van der Waals surface area (Å²) >= 11 is 0. The molecule has 166 valence electrons. The summed E-state index contributed by atoms with van der Waals surface area (Å²) in [5, 5.41) is 8.55. The van der Waals surface area contributed by atoms with Crippen LogP contribution in [0.15, 0.2) is 71.9 Å². The van der Waals surface area contributed by atoms with Gasteiger partial charge in [0.2, 0.25) is 5.91 Å². The third-order valence-corrected chi connectivity index (χ3v) is 5.96. The number of hydrogen-bond acceptors (Lipinski definition) is 3. The molecule has 7 nitrogen and oxygen atoms in total. The van der Waals surface area contributed by atoms with Crippen LogP contribution in [0.5, 0.6) is 0 Å². The predicted octanol–water partition coefficient (Wildman–Crippen LogP) is 3.62. The van der Waals surface area contributed by atoms with Crippen molar-refractivity contribution in [2.24, 2.45) is 0 Å². The first kappa shape index (κ1) is 20.8. The molecule has 5 aromatic rings. The van der Waals surface area contributed by atoms with Crippen LogP contribution in [0, 0.1) is 13.8 Å². The van der Waals surface area contributed by atoms with E-state index in [1.165, 1.54) is 5.56 Å². The standard InChI is InChI=1S/C26H25N5O2/c1-17-7-8-20(18(2)13-17)23-15-24-26(33)30(11-12-31(24)29-23)10-9-27-25(32)14-19-16-28-22-6-4-3-5-21(19)22/h3-8,11-13,15-16,28H,9-10,14H2,1-2H3,(H,27,32). The minimum absolute atomic E-state index is 0.0737. The van der Waals surface area contributed by atoms with Gasteiger partial charge in [-0.2, -0.15) is 5.10 Å². The number of carbonyl (C=O) groups excluding carboxylic acids is 1. The molecule has 3 heterocycles. The van der Waals surface area contributed by atoms with Crippen molar-refractivity contribution in [1.82, 2.24) is 24.5 Å². The van der Waals surface area contributed by atoms with E-state index in [-0.39, 0.29) is 11.5 Å². The van der Waals surface area contributed by atoms with E-state index in [2.05, 4.69) is 28.4 Å². The Kier molecular flexibility index (Phi) is 5.30. The van der Waals surface area contributed by atoms with Crippen LogP contribution in [-0.4, -0.2) is 31.6 Å². The SMILES string of the molecule is Cc1ccc(-c2cc3c(=O)n(CCNC(=O)Cc4c[nH]c5ccccc45)ccn3n2)c(C)c1. The fraction of sp³-hybridized carbons (Fsp3) is 0.192. The van der Waals surface area contributed by atoms with Crippen LogP contribution in [0.4, 0.5) is 0 Å². The number of nitrogens with zero attached hydrogens (tertiary/aromatic N) is 3. The minimum atomic E-state index is -0.133. The second-order valence-electron chi connectivity index (χ2n) is 8.36. The van der Waals surface area contributed by atoms with E-state index >= 15 is 0 Å². The summed E-state index contributed by atoms with van der Waals surface area (Å²) in [7, 11) is 0. The van der Waals surface area contributed by atoms with Crippen LogP contribution >= 0.6 is 0 Å². The maximum Gasteiger partial charge on any atom is 0.276 e. The smallest absolute Gasteiger partial charge is 0.276 e. The first-order chi connectivity index (χ1) is 16.0. The van der Waals surface area contributed by atoms with E-state index in [0.717, 1.165) is 33.3 Å². The third-order valence-electron chi connectivity index (χ3n) is 5.96. The molecule has 0 bridgehead atoms. The van der Waals surface area contributed by atoms with E-state index in [1.807, 2.05) is 55.6 Å². The monoisotopic (exact) mass is 439 g/mol. The summed E-state index contributed by atoms with van der Waals surface area (Å²) in [6, 6.07) is 15.9. The molecule has 0 spiro atoms. The molecule has 0 saturated heterocycles. The Bertz CT molecular complexity index is 1540. The summed E-state index contributed by atoms with van der Waals surface area (Å²) in [5.41, 5.74) is 6.45. The van der Waals surface area contributed by atoms with Crippen LogP contribution in [0.1, 0.15) is 16.7 Å². The number of benzene rings is 2. The number of H-pyrrole nitrogens is 1. The van der Waals surface area contributed by atoms with E-state index in [4.69, 9.17) is 0 Å². The van der Waals surface area contributed by atoms with Crippen molar-refractivity contribution in [2.75, 3.05) is 6.54 Å². The Morgan fingerprint density at radius 2 is 1.94 bits per heavy atom. The average Bonchev–Trinajstić information content (AvgIpc) is 3.40. The van der Waals surface area contributed by atoms with E-state index < -0.39 is 0 Å². The lowest BCUT2D eigenvalue weighted by Gasteiger charge is -2.08. The number of rotatable bonds is 6. The van der Waals surface area contributed by atoms with Crippen LogP contribution < -0.4 is 10.9 Å². The molecule has 2 N–H and O–H groups in total. The second-order valence-corrected chi connectivity index (χ2v) is 8.36. The van der Waals surface area contributed by atoms with Crippen molar-refractivity contribution in [1.29, 1.82) is 0 Å². The van der Waals surface area contributed by atoms with Gasteiger partial charge < -0.3 is 14.9 Å². The van der Waals surface area contributed by atoms with Gasteiger partial charge in [0, 0.05) is 48.1 Å². The van der Waals surface area contributed by atoms with Gasteiger partial charge in [0.25, 0.3) is 5.56 Å². The summed E-state index contributed by atoms with van der Waals surface area (Å²) in [6.07, 6.45) is 5.65. The molecule has 33 heavy (non-hydrogen) atoms. The number of aromatic amines is 1. The summed E-state index contributed by atoms with van der Waals surface area (Å²) < 4.78 is 3.22. The average molecular weight is 440 g/mol. The van der Waals surface area contributed by atoms with Crippen molar-refractivity contribution in [2.45, 2.75) is 26.8 Å². The molecule has 2 aromatic carbocycles. The molecule has 7 heteroatoms. The first-order valence-corrected chi connectivity index (χ1v) is 11.0. The number of aryl methyl sites for hydroxylation is 2. The maximum atomic E-state index is 13.0. The van der Waals surface area contributed by atoms with Crippen LogP contribution in [0.3, 0.4) is 0 Å². The highest BCUT2D eigenvalue weighted by molar-refractivity contribution is 5.88. The van der Waals surface area contributed by atoms with Crippen LogP contribution in [-0.2, 0) is 17.8 Å². The molecule has 5 rings (SSSR count). The van der Waals surface area contributed by atoms with Crippen LogP contribution in [0.25, 0.3) is 27.7 Å². The Morgan fingerprint density at radius 3 is 2.79 bits per heavy atom. The summed E-state index contributed by atoms with van der Waals surface area (Å²) in [6.45, 7) is 4.86. The minimum Gasteiger partial charge on any atom is -0.361 e. The molecule has 0 atom stereocenters. The van der Waals surface area contributed by atoms with Gasteiger partial charge in [0.15, 0.2) is 0 Å². The van der Waals surface area contributed by atoms with Crippen LogP contribution in [0.2, 0.25) is 0 Å². The lowest BCUT2D eigenvalue weighted by molar-refractivity contribution is -0.120. The number of hydrogen-bond donors (Lipinski definition) is 2. The van der Waals surface area contributed by atoms with Crippen molar-refractivity contribution in [3.8, 4) is 11.3 Å². The van der Waals surface area contributed by atoms with Gasteiger partial charge in [0.05, 0.1) is 12.1 Å². The highest BCUT2D eigenvalue weighted by Crippen LogP contribution is 2.23. The normalized spacial score (nSPS) is 11.3. The van der Waals surface area contributed by atoms with E-state index in [1.54, 1.807) is 21.5 Å². The number of amides is 1. The maximum absolute atomic E-state index is 13.0. The van der Waals surface area contributed by atoms with Gasteiger partial charge in [0.1, 0.15) is 5.52 Å². The molecule has 0 fully saturated rings. The summed E-state index contributed by atoms with van der Waals surface area (Å²) in [4.78, 5) is 28.6. The zero-order chi connectivity index (χ0) is 22.9. The molecular weight excluding hydrogens is 414 g/mol. The molecule has 0 aliphatic heterocycles. The largest absolute Gasteiger partial charge is 0.361 e. The Morgan fingerprint density at radius 1 is 1.09 bits per heavy atom. The fourth-order valence-corrected chi connectivity index (χ4v) is 4.26. The van der Waals surface area contributed by atoms with Gasteiger partial charge in [-0.1, -0.05) is 42.0 Å². The highest BCUT2D eigenvalue weighted by atomic mass is 16.1. The number of nitrogens with one attached hydrogen (secondary N) is 2. The molecule has 0 aliphatic carbocycles. The lowest BCUT2D eigenvalue weighted by atomic mass is 10.0. The van der Waals surface area contributed by atoms with Crippen molar-refractivity contribution in [3.63, 3.8) is 0 Å². The van der Waals surface area contributed by atoms with Gasteiger partial charge in [-0.25, -0.2) is 4.52 Å². The third kappa shape index (κ3) is 4.05. The highest BCUT2D eigenvalue weighted by Gasteiger charge is 2.12. The first-order valence-electron chi connectivity index (χ1n) is 11.0. The Hall–Kier alpha value is -4.13. The number of fused-ring (bicyclic) bond motifs is 2. The zero-order valence-electron chi connectivity index (χ0n) is 18.6. The summed E-state index contributed by atoms with van der Waals surface area (Å²) in [5.74, 6) is -0.0737. The van der Waals surface area contributed by atoms with Crippen molar-refractivity contribution < 1.29 is 4.79 Å². The number of carbonyl (C=O) groups is 1. The molecule has 0 radical (unpaired) electrons. The van der Waals surface area contributed by atoms with Crippen molar-refractivity contribution >= 4 is 22.3 Å². The molecule has 0 saturated carbocycles. The molecular formula is C26H25N5O2. The Balaban J connectivity index is 1.28. The topological polar surface area (TPSA) is 84.2 Å². The van der Waals surface area contributed by atoms with E-state index in [0.29, 0.717) is 25.0 Å². The number of para-hydroxylation sites is 1. The molecule has 1 amide bonds. The lowest BCUT2D eigenvalue weighted by Crippen LogP contribution is -2.32. The van der Waals surface area contributed by atoms with Gasteiger partial charge >= 0.3 is 0 Å². The molecule has 0 aliphatic rings. The van der Waals surface area contributed by atoms with Gasteiger partial charge in [-0.05, 0) is 37.1 Å². The molecule has 3 aromatic heterocycles. The zero-order valence-corrected chi connectivity index (χ0v) is 18.6. The molecule has 0 unspecified atom stereocenters. The van der Waals surface area contributed by atoms with E-state index in [9.17, 15) is 9.59 Å². The fourth-order valence-electron chi connectivity index (χ4n) is 4.26. The van der Waals surface area contributed by atoms with Gasteiger partial charge in [-0.3, -0.25) is 9.59 Å². The van der Waals surface area contributed by atoms with Gasteiger partial charge in [-0.15, -0.1) is 0 Å². The second kappa shape index (κ2) is 8.43. The number of aromatic nitrogens is 4. The Labute approximate surface area is 190 Å². The van der Waals surface area contributed by atoms with Crippen molar-refractivity contribution in [3.05, 3.63) is 94.2 Å². The predicted molar refractivity (Wildman–Crippen MR) is 129 cm³/mol. The quantitative estimate of drug-likeness (QED) is 0.424.